The van der Waals surface area contributed by atoms with E-state index in [9.17, 15) is 4.39 Å². The zero-order valence-corrected chi connectivity index (χ0v) is 12.6. The summed E-state index contributed by atoms with van der Waals surface area (Å²) in [5, 5.41) is 3.53. The maximum absolute atomic E-state index is 13.8. The molecule has 0 aromatic heterocycles. The molecule has 1 N–H and O–H groups in total. The predicted molar refractivity (Wildman–Crippen MR) is 84.1 cm³/mol. The molecule has 3 heteroatoms. The van der Waals surface area contributed by atoms with Gasteiger partial charge in [-0.2, -0.15) is 0 Å². The Morgan fingerprint density at radius 2 is 1.90 bits per heavy atom. The van der Waals surface area contributed by atoms with Crippen molar-refractivity contribution in [1.29, 1.82) is 0 Å². The Hall–Kier alpha value is -1.87. The van der Waals surface area contributed by atoms with Crippen molar-refractivity contribution < 1.29 is 9.13 Å². The Morgan fingerprint density at radius 3 is 2.52 bits per heavy atom. The second-order valence-electron chi connectivity index (χ2n) is 5.09. The maximum atomic E-state index is 13.8. The SMILES string of the molecule is CCCNC(Cc1ccc(OC)c(F)c1)c1ccccc1. The lowest BCUT2D eigenvalue weighted by atomic mass is 9.98. The van der Waals surface area contributed by atoms with Gasteiger partial charge in [0.2, 0.25) is 0 Å². The van der Waals surface area contributed by atoms with E-state index < -0.39 is 0 Å². The first kappa shape index (κ1) is 15.5. The highest BCUT2D eigenvalue weighted by molar-refractivity contribution is 5.31. The molecule has 1 atom stereocenters. The van der Waals surface area contributed by atoms with Crippen LogP contribution in [0.5, 0.6) is 5.75 Å². The van der Waals surface area contributed by atoms with Crippen LogP contribution in [0.3, 0.4) is 0 Å². The molecule has 0 spiro atoms. The van der Waals surface area contributed by atoms with Gasteiger partial charge in [0, 0.05) is 6.04 Å². The Kier molecular flexibility index (Phi) is 5.76. The highest BCUT2D eigenvalue weighted by Crippen LogP contribution is 2.22. The van der Waals surface area contributed by atoms with Gasteiger partial charge in [-0.3, -0.25) is 0 Å². The third kappa shape index (κ3) is 4.30. The van der Waals surface area contributed by atoms with Crippen LogP contribution in [-0.2, 0) is 6.42 Å². The standard InChI is InChI=1S/C18H22FNO/c1-3-11-20-17(15-7-5-4-6-8-15)13-14-9-10-18(21-2)16(19)12-14/h4-10,12,17,20H,3,11,13H2,1-2H3. The molecule has 2 nitrogen and oxygen atoms in total. The molecule has 2 rings (SSSR count). The van der Waals surface area contributed by atoms with E-state index in [0.29, 0.717) is 0 Å². The smallest absolute Gasteiger partial charge is 0.165 e. The molecule has 0 radical (unpaired) electrons. The summed E-state index contributed by atoms with van der Waals surface area (Å²) < 4.78 is 18.8. The summed E-state index contributed by atoms with van der Waals surface area (Å²) in [5.74, 6) is -0.0196. The molecule has 0 amide bonds. The number of nitrogens with one attached hydrogen (secondary N) is 1. The van der Waals surface area contributed by atoms with E-state index in [1.165, 1.54) is 12.7 Å². The fraction of sp³-hybridized carbons (Fsp3) is 0.333. The number of benzene rings is 2. The van der Waals surface area contributed by atoms with Gasteiger partial charge in [-0.1, -0.05) is 43.3 Å². The summed E-state index contributed by atoms with van der Waals surface area (Å²) in [7, 11) is 1.48. The molecule has 112 valence electrons. The molecule has 21 heavy (non-hydrogen) atoms. The molecule has 0 aliphatic rings. The van der Waals surface area contributed by atoms with Crippen molar-refractivity contribution in [3.63, 3.8) is 0 Å². The summed E-state index contributed by atoms with van der Waals surface area (Å²) in [6.07, 6.45) is 1.82. The highest BCUT2D eigenvalue weighted by Gasteiger charge is 2.12. The lowest BCUT2D eigenvalue weighted by Crippen LogP contribution is -2.24. The second-order valence-corrected chi connectivity index (χ2v) is 5.09. The molecular formula is C18H22FNO. The van der Waals surface area contributed by atoms with E-state index in [-0.39, 0.29) is 17.6 Å². The molecule has 1 unspecified atom stereocenters. The Bertz CT molecular complexity index is 556. The summed E-state index contributed by atoms with van der Waals surface area (Å²) >= 11 is 0. The van der Waals surface area contributed by atoms with Gasteiger partial charge in [0.25, 0.3) is 0 Å². The van der Waals surface area contributed by atoms with Gasteiger partial charge in [0.05, 0.1) is 7.11 Å². The number of hydrogen-bond donors (Lipinski definition) is 1. The minimum Gasteiger partial charge on any atom is -0.494 e. The molecule has 0 aliphatic carbocycles. The number of methoxy groups -OCH3 is 1. The maximum Gasteiger partial charge on any atom is 0.165 e. The van der Waals surface area contributed by atoms with Crippen LogP contribution in [-0.4, -0.2) is 13.7 Å². The van der Waals surface area contributed by atoms with E-state index in [1.54, 1.807) is 12.1 Å². The molecule has 0 bridgehead atoms. The molecule has 0 saturated heterocycles. The zero-order chi connectivity index (χ0) is 15.1. The Labute approximate surface area is 126 Å². The number of hydrogen-bond acceptors (Lipinski definition) is 2. The predicted octanol–water partition coefficient (Wildman–Crippen LogP) is 4.12. The van der Waals surface area contributed by atoms with Crippen LogP contribution in [0.15, 0.2) is 48.5 Å². The van der Waals surface area contributed by atoms with Crippen LogP contribution >= 0.6 is 0 Å². The molecule has 0 heterocycles. The largest absolute Gasteiger partial charge is 0.494 e. The average molecular weight is 287 g/mol. The number of ether oxygens (including phenoxy) is 1. The van der Waals surface area contributed by atoms with Gasteiger partial charge >= 0.3 is 0 Å². The summed E-state index contributed by atoms with van der Waals surface area (Å²) in [4.78, 5) is 0. The Morgan fingerprint density at radius 1 is 1.14 bits per heavy atom. The van der Waals surface area contributed by atoms with E-state index in [1.807, 2.05) is 24.3 Å². The molecule has 2 aromatic rings. The van der Waals surface area contributed by atoms with Crippen LogP contribution in [0.4, 0.5) is 4.39 Å². The molecule has 0 saturated carbocycles. The lowest BCUT2D eigenvalue weighted by molar-refractivity contribution is 0.386. The lowest BCUT2D eigenvalue weighted by Gasteiger charge is -2.19. The van der Waals surface area contributed by atoms with Crippen molar-refractivity contribution in [3.8, 4) is 5.75 Å². The first-order chi connectivity index (χ1) is 10.2. The molecular weight excluding hydrogens is 265 g/mol. The quantitative estimate of drug-likeness (QED) is 0.827. The third-order valence-corrected chi connectivity index (χ3v) is 3.50. The van der Waals surface area contributed by atoms with Crippen LogP contribution in [0.25, 0.3) is 0 Å². The van der Waals surface area contributed by atoms with Gasteiger partial charge < -0.3 is 10.1 Å². The molecule has 0 aliphatic heterocycles. The van der Waals surface area contributed by atoms with E-state index >= 15 is 0 Å². The topological polar surface area (TPSA) is 21.3 Å². The van der Waals surface area contributed by atoms with Crippen LogP contribution in [0.2, 0.25) is 0 Å². The van der Waals surface area contributed by atoms with E-state index in [4.69, 9.17) is 4.74 Å². The molecule has 2 aromatic carbocycles. The fourth-order valence-electron chi connectivity index (χ4n) is 2.38. The van der Waals surface area contributed by atoms with Crippen molar-refractivity contribution in [1.82, 2.24) is 5.32 Å². The summed E-state index contributed by atoms with van der Waals surface area (Å²) in [6.45, 7) is 3.08. The second kappa shape index (κ2) is 7.79. The summed E-state index contributed by atoms with van der Waals surface area (Å²) in [6, 6.07) is 15.6. The fourth-order valence-corrected chi connectivity index (χ4v) is 2.38. The van der Waals surface area contributed by atoms with Gasteiger partial charge in [-0.25, -0.2) is 4.39 Å². The van der Waals surface area contributed by atoms with Crippen molar-refractivity contribution >= 4 is 0 Å². The minimum absolute atomic E-state index is 0.193. The van der Waals surface area contributed by atoms with Crippen molar-refractivity contribution in [2.75, 3.05) is 13.7 Å². The molecule has 0 fully saturated rings. The first-order valence-electron chi connectivity index (χ1n) is 7.35. The summed E-state index contributed by atoms with van der Waals surface area (Å²) in [5.41, 5.74) is 2.19. The van der Waals surface area contributed by atoms with Gasteiger partial charge in [0.1, 0.15) is 0 Å². The number of halogens is 1. The highest BCUT2D eigenvalue weighted by atomic mass is 19.1. The van der Waals surface area contributed by atoms with Crippen LogP contribution < -0.4 is 10.1 Å². The van der Waals surface area contributed by atoms with Gasteiger partial charge in [-0.05, 0) is 42.6 Å². The Balaban J connectivity index is 2.16. The average Bonchev–Trinajstić information content (AvgIpc) is 2.52. The van der Waals surface area contributed by atoms with Crippen molar-refractivity contribution in [2.24, 2.45) is 0 Å². The minimum atomic E-state index is -0.308. The zero-order valence-electron chi connectivity index (χ0n) is 12.6. The van der Waals surface area contributed by atoms with E-state index in [2.05, 4.69) is 24.4 Å². The van der Waals surface area contributed by atoms with Crippen LogP contribution in [0.1, 0.15) is 30.5 Å². The first-order valence-corrected chi connectivity index (χ1v) is 7.35. The van der Waals surface area contributed by atoms with E-state index in [0.717, 1.165) is 24.9 Å². The monoisotopic (exact) mass is 287 g/mol. The van der Waals surface area contributed by atoms with Crippen molar-refractivity contribution in [2.45, 2.75) is 25.8 Å². The third-order valence-electron chi connectivity index (χ3n) is 3.50. The normalized spacial score (nSPS) is 12.1. The van der Waals surface area contributed by atoms with Crippen LogP contribution in [0, 0.1) is 5.82 Å². The van der Waals surface area contributed by atoms with Gasteiger partial charge in [-0.15, -0.1) is 0 Å². The number of rotatable bonds is 7. The van der Waals surface area contributed by atoms with Gasteiger partial charge in [0.15, 0.2) is 11.6 Å². The van der Waals surface area contributed by atoms with Crippen molar-refractivity contribution in [3.05, 3.63) is 65.5 Å².